The second kappa shape index (κ2) is 5.68. The van der Waals surface area contributed by atoms with E-state index < -0.39 is 0 Å². The summed E-state index contributed by atoms with van der Waals surface area (Å²) in [6, 6.07) is 2.93. The van der Waals surface area contributed by atoms with E-state index in [9.17, 15) is 0 Å². The summed E-state index contributed by atoms with van der Waals surface area (Å²) in [7, 11) is 2.16. The highest BCUT2D eigenvalue weighted by Gasteiger charge is 2.26. The Morgan fingerprint density at radius 3 is 2.57 bits per heavy atom. The Morgan fingerprint density at radius 2 is 1.83 bits per heavy atom. The molecule has 4 nitrogen and oxygen atoms in total. The van der Waals surface area contributed by atoms with Gasteiger partial charge in [-0.2, -0.15) is 0 Å². The maximum absolute atomic E-state index is 4.72. The van der Waals surface area contributed by atoms with E-state index >= 15 is 0 Å². The van der Waals surface area contributed by atoms with Crippen LogP contribution in [0.4, 0.5) is 0 Å². The van der Waals surface area contributed by atoms with Gasteiger partial charge in [-0.15, -0.1) is 0 Å². The number of aromatic nitrogens is 3. The molecule has 4 heteroatoms. The number of rotatable bonds is 1. The summed E-state index contributed by atoms with van der Waals surface area (Å²) in [5, 5.41) is 0. The van der Waals surface area contributed by atoms with Crippen molar-refractivity contribution >= 4 is 5.57 Å². The van der Waals surface area contributed by atoms with Gasteiger partial charge in [0.2, 0.25) is 0 Å². The van der Waals surface area contributed by atoms with Gasteiger partial charge in [-0.1, -0.05) is 5.57 Å². The number of nitrogens with zero attached hydrogens (tertiary/aromatic N) is 4. The van der Waals surface area contributed by atoms with Gasteiger partial charge in [0, 0.05) is 74.6 Å². The second-order valence-corrected chi connectivity index (χ2v) is 7.09. The normalized spacial score (nSPS) is 19.0. The van der Waals surface area contributed by atoms with Crippen molar-refractivity contribution in [3.8, 4) is 0 Å². The molecule has 1 saturated heterocycles. The van der Waals surface area contributed by atoms with Crippen LogP contribution >= 0.6 is 0 Å². The van der Waals surface area contributed by atoms with E-state index in [0.717, 1.165) is 25.8 Å². The summed E-state index contributed by atoms with van der Waals surface area (Å²) in [6.07, 6.45) is 9.69. The first-order valence-electron chi connectivity index (χ1n) is 8.77. The van der Waals surface area contributed by atoms with Crippen LogP contribution in [0.15, 0.2) is 30.2 Å². The summed E-state index contributed by atoms with van der Waals surface area (Å²) in [5.74, 6) is 1.17. The highest BCUT2D eigenvalue weighted by molar-refractivity contribution is 5.81. The summed E-state index contributed by atoms with van der Waals surface area (Å²) >= 11 is 0. The van der Waals surface area contributed by atoms with Gasteiger partial charge in [0.15, 0.2) is 0 Å². The van der Waals surface area contributed by atoms with Gasteiger partial charge in [-0.25, -0.2) is 4.98 Å². The minimum atomic E-state index is 0.643. The number of aryl methyl sites for hydroxylation is 2. The predicted molar refractivity (Wildman–Crippen MR) is 93.3 cm³/mol. The predicted octanol–water partition coefficient (Wildman–Crippen LogP) is 3.08. The Kier molecular flexibility index (Phi) is 3.64. The van der Waals surface area contributed by atoms with Gasteiger partial charge >= 0.3 is 0 Å². The second-order valence-electron chi connectivity index (χ2n) is 7.09. The van der Waals surface area contributed by atoms with Gasteiger partial charge in [-0.05, 0) is 32.8 Å². The number of hydrogen-bond donors (Lipinski definition) is 0. The molecule has 2 aromatic heterocycles. The minimum Gasteiger partial charge on any atom is -0.354 e. The van der Waals surface area contributed by atoms with E-state index in [0.29, 0.717) is 6.04 Å². The first kappa shape index (κ1) is 14.8. The van der Waals surface area contributed by atoms with Crippen molar-refractivity contribution in [1.82, 2.24) is 19.0 Å². The zero-order valence-electron chi connectivity index (χ0n) is 14.4. The van der Waals surface area contributed by atoms with Gasteiger partial charge in [0.05, 0.1) is 0 Å². The SMILES string of the molecule is CC(C)N1CCC(=C2c3ccn(C)c3CCn3ccnc32)CC1. The lowest BCUT2D eigenvalue weighted by atomic mass is 9.92. The molecule has 0 unspecified atom stereocenters. The van der Waals surface area contributed by atoms with Crippen LogP contribution in [0.3, 0.4) is 0 Å². The Morgan fingerprint density at radius 1 is 1.04 bits per heavy atom. The maximum atomic E-state index is 4.72. The molecule has 4 rings (SSSR count). The van der Waals surface area contributed by atoms with Gasteiger partial charge < -0.3 is 14.0 Å². The molecule has 2 aliphatic heterocycles. The molecule has 0 spiro atoms. The fraction of sp³-hybridized carbons (Fsp3) is 0.526. The van der Waals surface area contributed by atoms with Crippen molar-refractivity contribution in [2.24, 2.45) is 7.05 Å². The fourth-order valence-corrected chi connectivity index (χ4v) is 4.07. The largest absolute Gasteiger partial charge is 0.354 e. The molecule has 1 fully saturated rings. The average Bonchev–Trinajstić information content (AvgIpc) is 3.11. The highest BCUT2D eigenvalue weighted by Crippen LogP contribution is 2.36. The summed E-state index contributed by atoms with van der Waals surface area (Å²) in [5.41, 5.74) is 5.85. The van der Waals surface area contributed by atoms with Crippen LogP contribution < -0.4 is 0 Å². The number of likely N-dealkylation sites (tertiary alicyclic amines) is 1. The smallest absolute Gasteiger partial charge is 0.140 e. The Labute approximate surface area is 138 Å². The lowest BCUT2D eigenvalue weighted by Crippen LogP contribution is -2.36. The maximum Gasteiger partial charge on any atom is 0.140 e. The van der Waals surface area contributed by atoms with Crippen molar-refractivity contribution in [2.45, 2.75) is 45.7 Å². The van der Waals surface area contributed by atoms with E-state index in [4.69, 9.17) is 4.98 Å². The molecule has 0 bridgehead atoms. The molecule has 0 atom stereocenters. The third-order valence-corrected chi connectivity index (χ3v) is 5.48. The van der Waals surface area contributed by atoms with Gasteiger partial charge in [0.25, 0.3) is 0 Å². The van der Waals surface area contributed by atoms with Crippen LogP contribution in [0.5, 0.6) is 0 Å². The molecule has 2 aliphatic rings. The van der Waals surface area contributed by atoms with Crippen LogP contribution in [-0.4, -0.2) is 38.1 Å². The van der Waals surface area contributed by atoms with Crippen LogP contribution in [0.25, 0.3) is 5.57 Å². The topological polar surface area (TPSA) is 26.0 Å². The fourth-order valence-electron chi connectivity index (χ4n) is 4.07. The molecule has 122 valence electrons. The quantitative estimate of drug-likeness (QED) is 0.809. The first-order chi connectivity index (χ1) is 11.1. The number of piperidine rings is 1. The lowest BCUT2D eigenvalue weighted by molar-refractivity contribution is 0.207. The Bertz CT molecular complexity index is 737. The first-order valence-corrected chi connectivity index (χ1v) is 8.77. The van der Waals surface area contributed by atoms with Gasteiger partial charge in [-0.3, -0.25) is 0 Å². The lowest BCUT2D eigenvalue weighted by Gasteiger charge is -2.32. The molecule has 0 saturated carbocycles. The van der Waals surface area contributed by atoms with E-state index in [1.165, 1.54) is 35.7 Å². The zero-order valence-corrected chi connectivity index (χ0v) is 14.4. The molecule has 4 heterocycles. The van der Waals surface area contributed by atoms with Crippen molar-refractivity contribution in [3.05, 3.63) is 47.3 Å². The number of hydrogen-bond acceptors (Lipinski definition) is 2. The van der Waals surface area contributed by atoms with Crippen molar-refractivity contribution < 1.29 is 0 Å². The van der Waals surface area contributed by atoms with E-state index in [-0.39, 0.29) is 0 Å². The van der Waals surface area contributed by atoms with Gasteiger partial charge in [0.1, 0.15) is 5.82 Å². The zero-order chi connectivity index (χ0) is 16.0. The molecular weight excluding hydrogens is 284 g/mol. The molecular formula is C19H26N4. The molecule has 2 aromatic rings. The standard InChI is InChI=1S/C19H26N4/c1-14(2)22-10-4-15(5-11-22)18-16-6-9-21(3)17(16)7-12-23-13-8-20-19(18)23/h6,8-9,13-14H,4-5,7,10-12H2,1-3H3. The average molecular weight is 310 g/mol. The third kappa shape index (κ3) is 2.45. The van der Waals surface area contributed by atoms with Crippen LogP contribution in [0.1, 0.15) is 43.8 Å². The summed E-state index contributed by atoms with van der Waals surface area (Å²) in [4.78, 5) is 7.30. The molecule has 23 heavy (non-hydrogen) atoms. The van der Waals surface area contributed by atoms with E-state index in [1.54, 1.807) is 5.57 Å². The van der Waals surface area contributed by atoms with E-state index in [1.807, 2.05) is 6.20 Å². The molecule has 0 N–H and O–H groups in total. The molecule has 0 amide bonds. The molecule has 0 radical (unpaired) electrons. The Hall–Kier alpha value is -1.81. The monoisotopic (exact) mass is 310 g/mol. The highest BCUT2D eigenvalue weighted by atomic mass is 15.1. The Balaban J connectivity index is 1.80. The van der Waals surface area contributed by atoms with Crippen LogP contribution in [0.2, 0.25) is 0 Å². The summed E-state index contributed by atoms with van der Waals surface area (Å²) in [6.45, 7) is 7.95. The number of fused-ring (bicyclic) bond motifs is 2. The van der Waals surface area contributed by atoms with Crippen molar-refractivity contribution in [2.75, 3.05) is 13.1 Å². The molecule has 0 aliphatic carbocycles. The van der Waals surface area contributed by atoms with Crippen molar-refractivity contribution in [3.63, 3.8) is 0 Å². The van der Waals surface area contributed by atoms with E-state index in [2.05, 4.69) is 53.4 Å². The number of imidazole rings is 1. The van der Waals surface area contributed by atoms with Crippen LogP contribution in [-0.2, 0) is 20.0 Å². The summed E-state index contributed by atoms with van der Waals surface area (Å²) < 4.78 is 4.61. The minimum absolute atomic E-state index is 0.643. The third-order valence-electron chi connectivity index (χ3n) is 5.48. The van der Waals surface area contributed by atoms with Crippen molar-refractivity contribution in [1.29, 1.82) is 0 Å². The van der Waals surface area contributed by atoms with Crippen LogP contribution in [0, 0.1) is 0 Å². The molecule has 0 aromatic carbocycles.